The van der Waals surface area contributed by atoms with Gasteiger partial charge in [-0.25, -0.2) is 0 Å². The van der Waals surface area contributed by atoms with Crippen LogP contribution in [-0.2, 0) is 20.7 Å². The number of rotatable bonds is 12. The van der Waals surface area contributed by atoms with Crippen LogP contribution in [0.1, 0.15) is 63.7 Å². The number of carbonyl (C=O) groups excluding carboxylic acids is 2. The van der Waals surface area contributed by atoms with Crippen molar-refractivity contribution in [1.82, 2.24) is 0 Å². The Kier molecular flexibility index (Phi) is 9.94. The molecule has 1 aliphatic rings. The SMILES string of the molecule is COC(=O)CCCC=CC[C@H]1C(=O)C(C)(C)[C@@H](O)[C@@H]1CCC(O)CCc1sc2ccccc2c1Cl. The molecule has 2 N–H and O–H groups in total. The Morgan fingerprint density at radius 3 is 2.71 bits per heavy atom. The van der Waals surface area contributed by atoms with Gasteiger partial charge in [-0.05, 0) is 56.9 Å². The smallest absolute Gasteiger partial charge is 0.305 e. The third-order valence-corrected chi connectivity index (χ3v) is 9.08. The number of unbranched alkanes of at least 4 members (excludes halogenated alkanes) is 1. The van der Waals surface area contributed by atoms with E-state index in [9.17, 15) is 19.8 Å². The number of carbonyl (C=O) groups is 2. The van der Waals surface area contributed by atoms with Gasteiger partial charge in [0.15, 0.2) is 0 Å². The van der Waals surface area contributed by atoms with Gasteiger partial charge < -0.3 is 14.9 Å². The molecule has 0 spiro atoms. The topological polar surface area (TPSA) is 83.8 Å². The molecule has 1 aromatic heterocycles. The molecule has 1 fully saturated rings. The lowest BCUT2D eigenvalue weighted by molar-refractivity contribution is -0.140. The van der Waals surface area contributed by atoms with Crippen molar-refractivity contribution in [1.29, 1.82) is 0 Å². The number of ether oxygens (including phenoxy) is 1. The maximum Gasteiger partial charge on any atom is 0.305 e. The molecule has 1 aliphatic carbocycles. The number of Topliss-reactive ketones (excluding diaryl/α,β-unsaturated/α-hetero) is 1. The van der Waals surface area contributed by atoms with E-state index in [1.165, 1.54) is 7.11 Å². The van der Waals surface area contributed by atoms with Crippen LogP contribution in [0, 0.1) is 17.3 Å². The summed E-state index contributed by atoms with van der Waals surface area (Å²) in [6, 6.07) is 8.04. The van der Waals surface area contributed by atoms with Crippen LogP contribution in [-0.4, -0.2) is 41.3 Å². The molecule has 2 aromatic rings. The van der Waals surface area contributed by atoms with E-state index in [0.717, 1.165) is 26.4 Å². The number of halogens is 1. The van der Waals surface area contributed by atoms with Gasteiger partial charge in [0.05, 0.1) is 24.3 Å². The molecule has 7 heteroatoms. The predicted molar refractivity (Wildman–Crippen MR) is 142 cm³/mol. The quantitative estimate of drug-likeness (QED) is 0.200. The van der Waals surface area contributed by atoms with E-state index < -0.39 is 17.6 Å². The number of aliphatic hydroxyl groups is 2. The van der Waals surface area contributed by atoms with E-state index >= 15 is 0 Å². The Hall–Kier alpha value is -1.73. The minimum Gasteiger partial charge on any atom is -0.469 e. The highest BCUT2D eigenvalue weighted by atomic mass is 35.5. The molecule has 1 saturated carbocycles. The number of ketones is 1. The standard InChI is InChI=1S/C28H37ClO5S/c1-28(2)26(32)19(10-6-4-5-7-13-24(31)34-3)20(27(28)33)16-14-18(30)15-17-23-25(29)21-11-8-9-12-22(21)35-23/h4,6,8-9,11-12,18-20,27,30,33H,5,7,10,13-17H2,1-3H3/t18?,19-,20-,27+/m1/s1. The molecule has 1 aromatic carbocycles. The van der Waals surface area contributed by atoms with Gasteiger partial charge in [0.25, 0.3) is 0 Å². The number of allylic oxidation sites excluding steroid dienone is 2. The zero-order valence-electron chi connectivity index (χ0n) is 20.8. The molecule has 1 heterocycles. The zero-order valence-corrected chi connectivity index (χ0v) is 22.4. The highest BCUT2D eigenvalue weighted by Gasteiger charge is 2.53. The monoisotopic (exact) mass is 520 g/mol. The second-order valence-electron chi connectivity index (χ2n) is 10.1. The van der Waals surface area contributed by atoms with Crippen LogP contribution in [0.3, 0.4) is 0 Å². The predicted octanol–water partition coefficient (Wildman–Crippen LogP) is 6.12. The van der Waals surface area contributed by atoms with Crippen LogP contribution < -0.4 is 0 Å². The fraction of sp³-hybridized carbons (Fsp3) is 0.571. The van der Waals surface area contributed by atoms with Crippen LogP contribution in [0.15, 0.2) is 36.4 Å². The molecule has 0 radical (unpaired) electrons. The normalized spacial score (nSPS) is 22.8. The van der Waals surface area contributed by atoms with Gasteiger partial charge in [-0.15, -0.1) is 11.3 Å². The van der Waals surface area contributed by atoms with Gasteiger partial charge in [-0.3, -0.25) is 9.59 Å². The third kappa shape index (κ3) is 6.73. The lowest BCUT2D eigenvalue weighted by Gasteiger charge is -2.25. The van der Waals surface area contributed by atoms with Gasteiger partial charge in [0.1, 0.15) is 5.78 Å². The number of fused-ring (bicyclic) bond motifs is 1. The van der Waals surface area contributed by atoms with Crippen molar-refractivity contribution < 1.29 is 24.5 Å². The van der Waals surface area contributed by atoms with E-state index in [1.807, 2.05) is 44.2 Å². The highest BCUT2D eigenvalue weighted by Crippen LogP contribution is 2.46. The Bertz CT molecular complexity index is 1040. The first kappa shape index (κ1) is 27.9. The Morgan fingerprint density at radius 1 is 1.26 bits per heavy atom. The lowest BCUT2D eigenvalue weighted by atomic mass is 9.85. The first-order valence-corrected chi connectivity index (χ1v) is 13.6. The van der Waals surface area contributed by atoms with E-state index in [-0.39, 0.29) is 23.6 Å². The first-order valence-electron chi connectivity index (χ1n) is 12.4. The number of thiophene rings is 1. The van der Waals surface area contributed by atoms with Crippen molar-refractivity contribution in [2.45, 2.75) is 77.4 Å². The van der Waals surface area contributed by atoms with Gasteiger partial charge >= 0.3 is 5.97 Å². The van der Waals surface area contributed by atoms with Crippen LogP contribution in [0.25, 0.3) is 10.1 Å². The molecule has 0 amide bonds. The molecule has 0 saturated heterocycles. The van der Waals surface area contributed by atoms with E-state index in [0.29, 0.717) is 44.9 Å². The second-order valence-corrected chi connectivity index (χ2v) is 11.6. The molecule has 192 valence electrons. The van der Waals surface area contributed by atoms with Crippen molar-refractivity contribution in [3.05, 3.63) is 46.3 Å². The maximum absolute atomic E-state index is 13.0. The van der Waals surface area contributed by atoms with Gasteiger partial charge in [0.2, 0.25) is 0 Å². The van der Waals surface area contributed by atoms with Crippen molar-refractivity contribution in [2.24, 2.45) is 17.3 Å². The summed E-state index contributed by atoms with van der Waals surface area (Å²) in [6.45, 7) is 3.62. The van der Waals surface area contributed by atoms with E-state index in [1.54, 1.807) is 11.3 Å². The third-order valence-electron chi connectivity index (χ3n) is 7.31. The minimum absolute atomic E-state index is 0.0840. The summed E-state index contributed by atoms with van der Waals surface area (Å²) in [5, 5.41) is 23.4. The molecule has 0 bridgehead atoms. The number of hydrogen-bond acceptors (Lipinski definition) is 6. The minimum atomic E-state index is -0.788. The molecule has 5 nitrogen and oxygen atoms in total. The fourth-order valence-corrected chi connectivity index (χ4v) is 6.64. The summed E-state index contributed by atoms with van der Waals surface area (Å²) in [7, 11) is 1.38. The van der Waals surface area contributed by atoms with Gasteiger partial charge in [-0.2, -0.15) is 0 Å². The number of benzene rings is 1. The van der Waals surface area contributed by atoms with Gasteiger partial charge in [-0.1, -0.05) is 55.8 Å². The van der Waals surface area contributed by atoms with Crippen LogP contribution in [0.4, 0.5) is 0 Å². The summed E-state index contributed by atoms with van der Waals surface area (Å²) < 4.78 is 5.80. The summed E-state index contributed by atoms with van der Waals surface area (Å²) >= 11 is 8.21. The van der Waals surface area contributed by atoms with Crippen molar-refractivity contribution >= 4 is 44.8 Å². The Labute approximate surface area is 217 Å². The number of hydrogen-bond donors (Lipinski definition) is 2. The fourth-order valence-electron chi connectivity index (χ4n) is 5.09. The lowest BCUT2D eigenvalue weighted by Crippen LogP contribution is -2.32. The summed E-state index contributed by atoms with van der Waals surface area (Å²) in [5.41, 5.74) is -0.788. The van der Waals surface area contributed by atoms with Crippen molar-refractivity contribution in [3.8, 4) is 0 Å². The number of aryl methyl sites for hydroxylation is 1. The van der Waals surface area contributed by atoms with E-state index in [4.69, 9.17) is 11.6 Å². The molecule has 1 unspecified atom stereocenters. The van der Waals surface area contributed by atoms with Gasteiger partial charge in [0, 0.05) is 32.7 Å². The molecular formula is C28H37ClO5S. The summed E-state index contributed by atoms with van der Waals surface area (Å²) in [4.78, 5) is 25.3. The molecule has 0 aliphatic heterocycles. The molecular weight excluding hydrogens is 484 g/mol. The summed E-state index contributed by atoms with van der Waals surface area (Å²) in [5.74, 6) is -0.580. The van der Waals surface area contributed by atoms with Crippen molar-refractivity contribution in [3.63, 3.8) is 0 Å². The molecule has 3 rings (SSSR count). The zero-order chi connectivity index (χ0) is 25.6. The van der Waals surface area contributed by atoms with E-state index in [2.05, 4.69) is 10.8 Å². The second kappa shape index (κ2) is 12.5. The largest absolute Gasteiger partial charge is 0.469 e. The average Bonchev–Trinajstić information content (AvgIpc) is 3.25. The highest BCUT2D eigenvalue weighted by molar-refractivity contribution is 7.19. The van der Waals surface area contributed by atoms with Crippen LogP contribution in [0.2, 0.25) is 5.02 Å². The Balaban J connectivity index is 1.53. The number of methoxy groups -OCH3 is 1. The van der Waals surface area contributed by atoms with Crippen LogP contribution in [0.5, 0.6) is 0 Å². The number of esters is 1. The molecule has 35 heavy (non-hydrogen) atoms. The van der Waals surface area contributed by atoms with Crippen molar-refractivity contribution in [2.75, 3.05) is 7.11 Å². The average molecular weight is 521 g/mol. The van der Waals surface area contributed by atoms with Crippen LogP contribution >= 0.6 is 22.9 Å². The maximum atomic E-state index is 13.0. The molecule has 4 atom stereocenters. The number of aliphatic hydroxyl groups excluding tert-OH is 2. The summed E-state index contributed by atoms with van der Waals surface area (Å²) in [6.07, 6.45) is 7.56. The Morgan fingerprint density at radius 2 is 2.00 bits per heavy atom. The first-order chi connectivity index (χ1) is 16.7.